The minimum Gasteiger partial charge on any atom is -0.506 e. The summed E-state index contributed by atoms with van der Waals surface area (Å²) in [7, 11) is 0. The van der Waals surface area contributed by atoms with Gasteiger partial charge >= 0.3 is 6.03 Å². The number of phenolic OH excluding ortho intramolecular Hbond substituents is 1. The Hall–Kier alpha value is -1.91. The average Bonchev–Trinajstić information content (AvgIpc) is 2.37. The molecular formula is C13H10Cl2N2O2. The van der Waals surface area contributed by atoms with Crippen LogP contribution in [0.4, 0.5) is 16.2 Å². The summed E-state index contributed by atoms with van der Waals surface area (Å²) in [6.45, 7) is 0. The lowest BCUT2D eigenvalue weighted by molar-refractivity contribution is 0.262. The van der Waals surface area contributed by atoms with E-state index in [1.807, 2.05) is 0 Å². The van der Waals surface area contributed by atoms with Crippen molar-refractivity contribution >= 4 is 40.6 Å². The molecule has 0 aliphatic heterocycles. The second-order valence-electron chi connectivity index (χ2n) is 3.73. The maximum absolute atomic E-state index is 11.7. The number of amides is 2. The van der Waals surface area contributed by atoms with Crippen molar-refractivity contribution in [1.29, 1.82) is 0 Å². The Morgan fingerprint density at radius 3 is 2.42 bits per heavy atom. The molecule has 0 spiro atoms. The number of carbonyl (C=O) groups excluding carboxylic acids is 1. The third-order valence-corrected chi connectivity index (χ3v) is 2.98. The Kier molecular flexibility index (Phi) is 4.14. The average molecular weight is 297 g/mol. The fourth-order valence-corrected chi connectivity index (χ4v) is 1.74. The maximum Gasteiger partial charge on any atom is 0.323 e. The summed E-state index contributed by atoms with van der Waals surface area (Å²) in [5.41, 5.74) is 0.923. The van der Waals surface area contributed by atoms with Gasteiger partial charge in [0.2, 0.25) is 0 Å². The molecule has 0 radical (unpaired) electrons. The van der Waals surface area contributed by atoms with E-state index in [1.54, 1.807) is 30.3 Å². The normalized spacial score (nSPS) is 10.0. The molecule has 0 fully saturated rings. The fraction of sp³-hybridized carbons (Fsp3) is 0. The van der Waals surface area contributed by atoms with Crippen LogP contribution in [-0.2, 0) is 0 Å². The molecule has 6 heteroatoms. The van der Waals surface area contributed by atoms with Crippen LogP contribution in [0.3, 0.4) is 0 Å². The number of halogens is 2. The molecule has 2 amide bonds. The molecule has 0 aromatic heterocycles. The van der Waals surface area contributed by atoms with Crippen LogP contribution in [-0.4, -0.2) is 11.1 Å². The van der Waals surface area contributed by atoms with Crippen LogP contribution < -0.4 is 10.6 Å². The van der Waals surface area contributed by atoms with Crippen molar-refractivity contribution < 1.29 is 9.90 Å². The lowest BCUT2D eigenvalue weighted by Crippen LogP contribution is -2.19. The lowest BCUT2D eigenvalue weighted by atomic mass is 10.3. The van der Waals surface area contributed by atoms with Crippen molar-refractivity contribution in [2.24, 2.45) is 0 Å². The van der Waals surface area contributed by atoms with E-state index in [1.165, 1.54) is 12.1 Å². The first-order valence-corrected chi connectivity index (χ1v) is 6.13. The Bertz CT molecular complexity index is 617. The smallest absolute Gasteiger partial charge is 0.323 e. The van der Waals surface area contributed by atoms with E-state index in [9.17, 15) is 9.90 Å². The van der Waals surface area contributed by atoms with E-state index in [0.717, 1.165) is 0 Å². The van der Waals surface area contributed by atoms with Gasteiger partial charge in [0, 0.05) is 11.8 Å². The summed E-state index contributed by atoms with van der Waals surface area (Å²) >= 11 is 11.6. The summed E-state index contributed by atoms with van der Waals surface area (Å²) in [4.78, 5) is 11.7. The zero-order valence-electron chi connectivity index (χ0n) is 9.65. The number of hydrogen-bond acceptors (Lipinski definition) is 2. The summed E-state index contributed by atoms with van der Waals surface area (Å²) in [5, 5.41) is 15.2. The van der Waals surface area contributed by atoms with Crippen molar-refractivity contribution in [3.05, 3.63) is 52.5 Å². The fourth-order valence-electron chi connectivity index (χ4n) is 1.44. The van der Waals surface area contributed by atoms with Crippen LogP contribution in [0.1, 0.15) is 0 Å². The van der Waals surface area contributed by atoms with Gasteiger partial charge in [0.05, 0.1) is 15.7 Å². The van der Waals surface area contributed by atoms with Crippen LogP contribution in [0.15, 0.2) is 42.5 Å². The van der Waals surface area contributed by atoms with E-state index in [-0.39, 0.29) is 10.8 Å². The maximum atomic E-state index is 11.7. The highest BCUT2D eigenvalue weighted by Gasteiger charge is 2.06. The number of anilines is 2. The zero-order valence-corrected chi connectivity index (χ0v) is 11.2. The Balaban J connectivity index is 2.05. The molecule has 0 bridgehead atoms. The number of nitrogens with one attached hydrogen (secondary N) is 2. The quantitative estimate of drug-likeness (QED) is 0.772. The van der Waals surface area contributed by atoms with Gasteiger partial charge in [0.1, 0.15) is 5.75 Å². The summed E-state index contributed by atoms with van der Waals surface area (Å²) < 4.78 is 0. The highest BCUT2D eigenvalue weighted by atomic mass is 35.5. The largest absolute Gasteiger partial charge is 0.506 e. The third kappa shape index (κ3) is 3.53. The number of urea groups is 1. The van der Waals surface area contributed by atoms with Gasteiger partial charge in [-0.15, -0.1) is 0 Å². The number of rotatable bonds is 2. The minimum atomic E-state index is -0.463. The van der Waals surface area contributed by atoms with Crippen LogP contribution >= 0.6 is 23.2 Å². The molecule has 2 aromatic carbocycles. The first kappa shape index (κ1) is 13.5. The molecule has 4 nitrogen and oxygen atoms in total. The van der Waals surface area contributed by atoms with E-state index >= 15 is 0 Å². The topological polar surface area (TPSA) is 61.4 Å². The van der Waals surface area contributed by atoms with Crippen LogP contribution in [0.5, 0.6) is 5.75 Å². The predicted molar refractivity (Wildman–Crippen MR) is 77.2 cm³/mol. The van der Waals surface area contributed by atoms with Gasteiger partial charge in [-0.1, -0.05) is 35.3 Å². The number of hydrogen-bond donors (Lipinski definition) is 3. The van der Waals surface area contributed by atoms with Crippen LogP contribution in [0, 0.1) is 0 Å². The van der Waals surface area contributed by atoms with Gasteiger partial charge < -0.3 is 15.7 Å². The van der Waals surface area contributed by atoms with Gasteiger partial charge in [-0.25, -0.2) is 4.79 Å². The first-order chi connectivity index (χ1) is 9.06. The number of aromatic hydroxyl groups is 1. The van der Waals surface area contributed by atoms with E-state index < -0.39 is 6.03 Å². The van der Waals surface area contributed by atoms with Crippen molar-refractivity contribution in [2.75, 3.05) is 10.6 Å². The molecular weight excluding hydrogens is 287 g/mol. The second kappa shape index (κ2) is 5.82. The molecule has 19 heavy (non-hydrogen) atoms. The van der Waals surface area contributed by atoms with Crippen molar-refractivity contribution in [3.63, 3.8) is 0 Å². The van der Waals surface area contributed by atoms with Crippen LogP contribution in [0.25, 0.3) is 0 Å². The van der Waals surface area contributed by atoms with Crippen molar-refractivity contribution in [2.45, 2.75) is 0 Å². The molecule has 3 N–H and O–H groups in total. The highest BCUT2D eigenvalue weighted by molar-refractivity contribution is 6.33. The molecule has 0 atom stereocenters. The molecule has 0 saturated carbocycles. The number of carbonyl (C=O) groups is 1. The standard InChI is InChI=1S/C13H10Cl2N2O2/c14-9-3-1-2-4-11(9)17-13(19)16-8-5-6-10(15)12(18)7-8/h1-7,18H,(H2,16,17,19). The van der Waals surface area contributed by atoms with E-state index in [0.29, 0.717) is 16.4 Å². The van der Waals surface area contributed by atoms with Gasteiger partial charge in [-0.2, -0.15) is 0 Å². The summed E-state index contributed by atoms with van der Waals surface area (Å²) in [6, 6.07) is 10.8. The Morgan fingerprint density at radius 2 is 1.74 bits per heavy atom. The number of phenols is 1. The second-order valence-corrected chi connectivity index (χ2v) is 4.54. The van der Waals surface area contributed by atoms with Crippen LogP contribution in [0.2, 0.25) is 10.0 Å². The van der Waals surface area contributed by atoms with Crippen molar-refractivity contribution in [3.8, 4) is 5.75 Å². The zero-order chi connectivity index (χ0) is 13.8. The van der Waals surface area contributed by atoms with E-state index in [2.05, 4.69) is 10.6 Å². The molecule has 2 rings (SSSR count). The molecule has 0 aliphatic rings. The Morgan fingerprint density at radius 1 is 1.00 bits per heavy atom. The summed E-state index contributed by atoms with van der Waals surface area (Å²) in [5.74, 6) is -0.0998. The predicted octanol–water partition coefficient (Wildman–Crippen LogP) is 4.34. The van der Waals surface area contributed by atoms with Gasteiger partial charge in [-0.05, 0) is 24.3 Å². The third-order valence-electron chi connectivity index (χ3n) is 2.33. The monoisotopic (exact) mass is 296 g/mol. The number of benzene rings is 2. The molecule has 0 heterocycles. The van der Waals surface area contributed by atoms with Gasteiger partial charge in [-0.3, -0.25) is 0 Å². The molecule has 0 aliphatic carbocycles. The highest BCUT2D eigenvalue weighted by Crippen LogP contribution is 2.26. The molecule has 98 valence electrons. The van der Waals surface area contributed by atoms with E-state index in [4.69, 9.17) is 23.2 Å². The molecule has 0 saturated heterocycles. The first-order valence-electron chi connectivity index (χ1n) is 5.37. The molecule has 2 aromatic rings. The minimum absolute atomic E-state index is 0.0998. The SMILES string of the molecule is O=C(Nc1ccc(Cl)c(O)c1)Nc1ccccc1Cl. The lowest BCUT2D eigenvalue weighted by Gasteiger charge is -2.09. The van der Waals surface area contributed by atoms with Gasteiger partial charge in [0.25, 0.3) is 0 Å². The van der Waals surface area contributed by atoms with Gasteiger partial charge in [0.15, 0.2) is 0 Å². The molecule has 0 unspecified atom stereocenters. The van der Waals surface area contributed by atoms with Crippen molar-refractivity contribution in [1.82, 2.24) is 0 Å². The number of para-hydroxylation sites is 1. The summed E-state index contributed by atoms with van der Waals surface area (Å²) in [6.07, 6.45) is 0. The Labute approximate surface area is 120 Å².